The van der Waals surface area contributed by atoms with Gasteiger partial charge in [-0.05, 0) is 59.5 Å². The maximum absolute atomic E-state index is 13.4. The average molecular weight is 666 g/mol. The highest BCUT2D eigenvalue weighted by atomic mass is 79.9. The lowest BCUT2D eigenvalue weighted by molar-refractivity contribution is -0.163. The fraction of sp³-hybridized carbons (Fsp3) is 0.214. The number of nitrogens with one attached hydrogen (secondary N) is 2. The first-order valence-electron chi connectivity index (χ1n) is 12.4. The molecule has 0 bridgehead atoms. The van der Waals surface area contributed by atoms with Crippen molar-refractivity contribution in [1.29, 1.82) is 0 Å². The number of halogens is 6. The van der Waals surface area contributed by atoms with Gasteiger partial charge in [-0.15, -0.1) is 0 Å². The minimum atomic E-state index is -4.60. The van der Waals surface area contributed by atoms with Crippen molar-refractivity contribution < 1.29 is 27.2 Å². The van der Waals surface area contributed by atoms with Gasteiger partial charge in [0.05, 0.1) is 26.1 Å². The van der Waals surface area contributed by atoms with Crippen LogP contribution >= 0.6 is 27.5 Å². The molecule has 1 fully saturated rings. The molecule has 14 heteroatoms. The topological polar surface area (TPSA) is 115 Å². The molecule has 5 rings (SSSR count). The molecule has 1 aromatic carbocycles. The van der Waals surface area contributed by atoms with Gasteiger partial charge in [-0.25, -0.2) is 14.4 Å². The molecular weight excluding hydrogens is 644 g/mol. The summed E-state index contributed by atoms with van der Waals surface area (Å²) in [5, 5.41) is 4.84. The number of carbonyl (C=O) groups is 2. The van der Waals surface area contributed by atoms with Crippen LogP contribution in [0, 0.1) is 6.92 Å². The number of nitrogen functional groups attached to an aromatic ring is 1. The summed E-state index contributed by atoms with van der Waals surface area (Å²) in [6.07, 6.45) is -2.15. The first-order valence-corrected chi connectivity index (χ1v) is 13.6. The predicted molar refractivity (Wildman–Crippen MR) is 156 cm³/mol. The van der Waals surface area contributed by atoms with E-state index >= 15 is 0 Å². The zero-order valence-corrected chi connectivity index (χ0v) is 24.4. The number of fused-ring (bicyclic) bond motifs is 1. The molecule has 8 nitrogen and oxygen atoms in total. The Balaban J connectivity index is 1.65. The number of amides is 2. The Kier molecular flexibility index (Phi) is 7.30. The number of rotatable bonds is 6. The van der Waals surface area contributed by atoms with Crippen LogP contribution in [0.2, 0.25) is 5.02 Å². The lowest BCUT2D eigenvalue weighted by Gasteiger charge is -2.20. The maximum atomic E-state index is 13.4. The van der Waals surface area contributed by atoms with E-state index in [1.807, 2.05) is 9.88 Å². The number of aromatic nitrogens is 3. The summed E-state index contributed by atoms with van der Waals surface area (Å²) in [5.41, 5.74) is 7.74. The number of benzene rings is 1. The third-order valence-corrected chi connectivity index (χ3v) is 8.04. The number of pyridine rings is 2. The van der Waals surface area contributed by atoms with Gasteiger partial charge in [-0.3, -0.25) is 9.59 Å². The molecule has 0 aliphatic heterocycles. The van der Waals surface area contributed by atoms with Gasteiger partial charge in [0.15, 0.2) is 5.83 Å². The van der Waals surface area contributed by atoms with E-state index < -0.39 is 29.4 Å². The van der Waals surface area contributed by atoms with Crippen molar-refractivity contribution in [2.24, 2.45) is 7.05 Å². The molecule has 3 aromatic heterocycles. The van der Waals surface area contributed by atoms with E-state index in [0.717, 1.165) is 0 Å². The highest BCUT2D eigenvalue weighted by Crippen LogP contribution is 2.49. The molecule has 2 amide bonds. The molecule has 0 spiro atoms. The SMILES string of the molecule is C=C(F)C(=O)Nc1ccc(-c2c(-c3cnc(C(=O)NC4(C(F)(F)F)CC4)c(Cl)c3)c3c(N)ncc(Br)c3n2C)c(C)c1. The van der Waals surface area contributed by atoms with Crippen molar-refractivity contribution >= 4 is 61.8 Å². The molecule has 42 heavy (non-hydrogen) atoms. The number of nitrogens with zero attached hydrogens (tertiary/aromatic N) is 3. The fourth-order valence-electron chi connectivity index (χ4n) is 4.89. The Labute approximate surface area is 250 Å². The summed E-state index contributed by atoms with van der Waals surface area (Å²) < 4.78 is 55.9. The summed E-state index contributed by atoms with van der Waals surface area (Å²) in [6, 6.07) is 6.41. The van der Waals surface area contributed by atoms with Crippen molar-refractivity contribution in [2.75, 3.05) is 11.1 Å². The Morgan fingerprint density at radius 2 is 1.88 bits per heavy atom. The minimum absolute atomic E-state index is 0.159. The second-order valence-corrected chi connectivity index (χ2v) is 11.2. The summed E-state index contributed by atoms with van der Waals surface area (Å²) >= 11 is 9.97. The van der Waals surface area contributed by atoms with E-state index in [2.05, 4.69) is 37.8 Å². The van der Waals surface area contributed by atoms with Gasteiger partial charge >= 0.3 is 6.18 Å². The molecular formula is C28H22BrClF4N6O2. The number of aryl methyl sites for hydroxylation is 2. The Morgan fingerprint density at radius 1 is 1.19 bits per heavy atom. The van der Waals surface area contributed by atoms with Crippen LogP contribution in [0.1, 0.15) is 28.9 Å². The lowest BCUT2D eigenvalue weighted by atomic mass is 9.96. The molecule has 0 radical (unpaired) electrons. The first kappa shape index (κ1) is 29.5. The van der Waals surface area contributed by atoms with Gasteiger partial charge in [-0.1, -0.05) is 24.2 Å². The van der Waals surface area contributed by atoms with Crippen molar-refractivity contribution in [1.82, 2.24) is 19.9 Å². The highest BCUT2D eigenvalue weighted by molar-refractivity contribution is 9.10. The Hall–Kier alpha value is -3.97. The van der Waals surface area contributed by atoms with Crippen molar-refractivity contribution in [3.63, 3.8) is 0 Å². The number of alkyl halides is 3. The molecule has 1 saturated carbocycles. The van der Waals surface area contributed by atoms with Crippen LogP contribution in [-0.2, 0) is 11.8 Å². The summed E-state index contributed by atoms with van der Waals surface area (Å²) in [4.78, 5) is 33.0. The Bertz CT molecular complexity index is 1820. The third kappa shape index (κ3) is 5.00. The fourth-order valence-corrected chi connectivity index (χ4v) is 5.71. The summed E-state index contributed by atoms with van der Waals surface area (Å²) in [6.45, 7) is 4.79. The molecule has 1 aliphatic rings. The number of hydrogen-bond donors (Lipinski definition) is 3. The monoisotopic (exact) mass is 664 g/mol. The predicted octanol–water partition coefficient (Wildman–Crippen LogP) is 6.86. The lowest BCUT2D eigenvalue weighted by Crippen LogP contribution is -2.48. The minimum Gasteiger partial charge on any atom is -0.383 e. The van der Waals surface area contributed by atoms with Crippen LogP contribution in [0.4, 0.5) is 29.1 Å². The molecule has 3 heterocycles. The smallest absolute Gasteiger partial charge is 0.383 e. The second-order valence-electron chi connectivity index (χ2n) is 9.97. The van der Waals surface area contributed by atoms with E-state index in [0.29, 0.717) is 49.0 Å². The molecule has 4 aromatic rings. The zero-order valence-electron chi connectivity index (χ0n) is 22.1. The number of anilines is 2. The van der Waals surface area contributed by atoms with Crippen LogP contribution in [0.25, 0.3) is 33.3 Å². The van der Waals surface area contributed by atoms with Gasteiger partial charge in [0, 0.05) is 41.8 Å². The first-order chi connectivity index (χ1) is 19.6. The molecule has 4 N–H and O–H groups in total. The molecule has 0 unspecified atom stereocenters. The maximum Gasteiger partial charge on any atom is 0.411 e. The van der Waals surface area contributed by atoms with E-state index in [4.69, 9.17) is 17.3 Å². The highest BCUT2D eigenvalue weighted by Gasteiger charge is 2.64. The van der Waals surface area contributed by atoms with Crippen LogP contribution in [0.5, 0.6) is 0 Å². The molecule has 1 aliphatic carbocycles. The molecule has 0 saturated heterocycles. The largest absolute Gasteiger partial charge is 0.411 e. The van der Waals surface area contributed by atoms with Gasteiger partial charge in [-0.2, -0.15) is 13.2 Å². The van der Waals surface area contributed by atoms with Crippen molar-refractivity contribution in [3.05, 3.63) is 69.8 Å². The van der Waals surface area contributed by atoms with E-state index in [-0.39, 0.29) is 29.4 Å². The summed E-state index contributed by atoms with van der Waals surface area (Å²) in [7, 11) is 1.80. The molecule has 0 atom stereocenters. The summed E-state index contributed by atoms with van der Waals surface area (Å²) in [5.74, 6) is -2.95. The normalized spacial score (nSPS) is 14.1. The third-order valence-electron chi connectivity index (χ3n) is 7.17. The van der Waals surface area contributed by atoms with Gasteiger partial charge in [0.2, 0.25) is 0 Å². The number of hydrogen-bond acceptors (Lipinski definition) is 5. The number of carbonyl (C=O) groups excluding carboxylic acids is 2. The van der Waals surface area contributed by atoms with Crippen molar-refractivity contribution in [3.8, 4) is 22.4 Å². The van der Waals surface area contributed by atoms with E-state index in [1.54, 1.807) is 38.4 Å². The van der Waals surface area contributed by atoms with E-state index in [1.165, 1.54) is 12.3 Å². The van der Waals surface area contributed by atoms with Crippen LogP contribution in [-0.4, -0.2) is 38.1 Å². The Morgan fingerprint density at radius 3 is 2.45 bits per heavy atom. The standard InChI is InChI=1S/C28H22BrClF4N6O2/c1-12-8-15(38-25(41)13(2)31)4-5-16(12)22-19(20-23(40(22)3)17(29)11-37-24(20)35)14-9-18(30)21(36-10-14)26(42)39-27(6-7-27)28(32,33)34/h4-5,8-11H,2,6-7H2,1,3H3,(H2,35,37)(H,38,41)(H,39,42). The second kappa shape index (κ2) is 10.4. The van der Waals surface area contributed by atoms with Gasteiger partial charge in [0.1, 0.15) is 17.1 Å². The van der Waals surface area contributed by atoms with Gasteiger partial charge < -0.3 is 20.9 Å². The zero-order chi connectivity index (χ0) is 30.7. The van der Waals surface area contributed by atoms with E-state index in [9.17, 15) is 27.2 Å². The average Bonchev–Trinajstić information content (AvgIpc) is 3.63. The van der Waals surface area contributed by atoms with Crippen LogP contribution < -0.4 is 16.4 Å². The van der Waals surface area contributed by atoms with Crippen LogP contribution in [0.3, 0.4) is 0 Å². The quantitative estimate of drug-likeness (QED) is 0.154. The van der Waals surface area contributed by atoms with Crippen molar-refractivity contribution in [2.45, 2.75) is 31.5 Å². The molecule has 218 valence electrons. The number of nitrogens with two attached hydrogens (primary N) is 1. The van der Waals surface area contributed by atoms with Gasteiger partial charge in [0.25, 0.3) is 11.8 Å². The van der Waals surface area contributed by atoms with Crippen LogP contribution in [0.15, 0.2) is 53.5 Å².